The van der Waals surface area contributed by atoms with Gasteiger partial charge in [-0.05, 0) is 19.6 Å². The van der Waals surface area contributed by atoms with E-state index >= 15 is 0 Å². The van der Waals surface area contributed by atoms with Crippen LogP contribution < -0.4 is 10.6 Å². The number of hydrogen-bond acceptors (Lipinski definition) is 5. The van der Waals surface area contributed by atoms with Crippen LogP contribution in [0.1, 0.15) is 24.7 Å². The van der Waals surface area contributed by atoms with Crippen molar-refractivity contribution in [2.24, 2.45) is 0 Å². The molecule has 0 saturated carbocycles. The highest BCUT2D eigenvalue weighted by molar-refractivity contribution is 7.98. The third-order valence-electron chi connectivity index (χ3n) is 2.50. The standard InChI is InChI=1S/C12H22N4S/c1-5-6-10-15-11(13-3)9(2)12(16-10)14-7-8-17-4/h5-8H2,1-4H3,(H2,13,14,15,16). The van der Waals surface area contributed by atoms with Gasteiger partial charge in [-0.1, -0.05) is 6.92 Å². The molecule has 1 aromatic heterocycles. The molecule has 0 aliphatic rings. The Bertz CT molecular complexity index is 355. The molecule has 96 valence electrons. The molecule has 0 bridgehead atoms. The van der Waals surface area contributed by atoms with E-state index in [1.165, 1.54) is 0 Å². The maximum atomic E-state index is 4.57. The van der Waals surface area contributed by atoms with Gasteiger partial charge in [-0.2, -0.15) is 11.8 Å². The molecule has 5 heteroatoms. The van der Waals surface area contributed by atoms with Crippen molar-refractivity contribution in [3.05, 3.63) is 11.4 Å². The molecule has 0 spiro atoms. The Morgan fingerprint density at radius 3 is 2.53 bits per heavy atom. The first-order chi connectivity index (χ1) is 8.22. The first-order valence-electron chi connectivity index (χ1n) is 6.01. The third kappa shape index (κ3) is 4.07. The van der Waals surface area contributed by atoms with Gasteiger partial charge < -0.3 is 10.6 Å². The molecule has 4 nitrogen and oxygen atoms in total. The second-order valence-electron chi connectivity index (χ2n) is 3.88. The molecule has 0 saturated heterocycles. The number of nitrogens with zero attached hydrogens (tertiary/aromatic N) is 2. The lowest BCUT2D eigenvalue weighted by Crippen LogP contribution is -2.11. The molecule has 1 aromatic rings. The molecule has 17 heavy (non-hydrogen) atoms. The third-order valence-corrected chi connectivity index (χ3v) is 3.11. The number of thioether (sulfide) groups is 1. The summed E-state index contributed by atoms with van der Waals surface area (Å²) in [7, 11) is 1.90. The summed E-state index contributed by atoms with van der Waals surface area (Å²) in [5.41, 5.74) is 1.09. The van der Waals surface area contributed by atoms with E-state index in [0.29, 0.717) is 0 Å². The maximum absolute atomic E-state index is 4.57. The van der Waals surface area contributed by atoms with Gasteiger partial charge in [0, 0.05) is 31.3 Å². The lowest BCUT2D eigenvalue weighted by molar-refractivity contribution is 0.832. The van der Waals surface area contributed by atoms with E-state index in [4.69, 9.17) is 0 Å². The minimum atomic E-state index is 0.911. The Morgan fingerprint density at radius 1 is 1.24 bits per heavy atom. The molecule has 0 radical (unpaired) electrons. The van der Waals surface area contributed by atoms with Crippen LogP contribution in [0.3, 0.4) is 0 Å². The van der Waals surface area contributed by atoms with E-state index < -0.39 is 0 Å². The molecule has 0 atom stereocenters. The second-order valence-corrected chi connectivity index (χ2v) is 4.87. The topological polar surface area (TPSA) is 49.8 Å². The fourth-order valence-electron chi connectivity index (χ4n) is 1.59. The summed E-state index contributed by atoms with van der Waals surface area (Å²) < 4.78 is 0. The van der Waals surface area contributed by atoms with Crippen molar-refractivity contribution in [2.75, 3.05) is 36.2 Å². The van der Waals surface area contributed by atoms with Crippen molar-refractivity contribution in [3.63, 3.8) is 0 Å². The summed E-state index contributed by atoms with van der Waals surface area (Å²) in [6, 6.07) is 0. The fourth-order valence-corrected chi connectivity index (χ4v) is 1.89. The Morgan fingerprint density at radius 2 is 1.94 bits per heavy atom. The normalized spacial score (nSPS) is 10.4. The largest absolute Gasteiger partial charge is 0.373 e. The van der Waals surface area contributed by atoms with Crippen molar-refractivity contribution >= 4 is 23.4 Å². The zero-order valence-electron chi connectivity index (χ0n) is 11.1. The van der Waals surface area contributed by atoms with Gasteiger partial charge in [-0.15, -0.1) is 0 Å². The van der Waals surface area contributed by atoms with Crippen molar-refractivity contribution in [1.82, 2.24) is 9.97 Å². The molecule has 1 rings (SSSR count). The van der Waals surface area contributed by atoms with Gasteiger partial charge in [-0.25, -0.2) is 9.97 Å². The number of anilines is 2. The summed E-state index contributed by atoms with van der Waals surface area (Å²) in [5, 5.41) is 6.50. The van der Waals surface area contributed by atoms with Crippen LogP contribution in [0.5, 0.6) is 0 Å². The number of hydrogen-bond donors (Lipinski definition) is 2. The van der Waals surface area contributed by atoms with Crippen LogP contribution in [0.25, 0.3) is 0 Å². The number of aryl methyl sites for hydroxylation is 1. The monoisotopic (exact) mass is 254 g/mol. The first kappa shape index (κ1) is 14.1. The van der Waals surface area contributed by atoms with E-state index in [0.717, 1.165) is 48.2 Å². The van der Waals surface area contributed by atoms with Crippen LogP contribution >= 0.6 is 11.8 Å². The Kier molecular flexibility index (Phi) is 6.11. The van der Waals surface area contributed by atoms with Gasteiger partial charge in [0.05, 0.1) is 0 Å². The highest BCUT2D eigenvalue weighted by Gasteiger charge is 2.08. The molecule has 0 unspecified atom stereocenters. The van der Waals surface area contributed by atoms with Crippen LogP contribution in [0.2, 0.25) is 0 Å². The molecular formula is C12H22N4S. The fraction of sp³-hybridized carbons (Fsp3) is 0.667. The summed E-state index contributed by atoms with van der Waals surface area (Å²) in [4.78, 5) is 9.07. The summed E-state index contributed by atoms with van der Waals surface area (Å²) >= 11 is 1.83. The van der Waals surface area contributed by atoms with Crippen molar-refractivity contribution in [1.29, 1.82) is 0 Å². The summed E-state index contributed by atoms with van der Waals surface area (Å²) in [5.74, 6) is 3.88. The molecule has 0 aliphatic carbocycles. The van der Waals surface area contributed by atoms with E-state index in [2.05, 4.69) is 33.8 Å². The molecule has 0 amide bonds. The minimum Gasteiger partial charge on any atom is -0.373 e. The van der Waals surface area contributed by atoms with E-state index in [1.807, 2.05) is 25.7 Å². The summed E-state index contributed by atoms with van der Waals surface area (Å²) in [6.07, 6.45) is 4.10. The van der Waals surface area contributed by atoms with Crippen molar-refractivity contribution in [3.8, 4) is 0 Å². The molecule has 0 aliphatic heterocycles. The average molecular weight is 254 g/mol. The first-order valence-corrected chi connectivity index (χ1v) is 7.40. The number of nitrogens with one attached hydrogen (secondary N) is 2. The Balaban J connectivity index is 2.88. The quantitative estimate of drug-likeness (QED) is 0.732. The minimum absolute atomic E-state index is 0.911. The molecule has 1 heterocycles. The zero-order valence-corrected chi connectivity index (χ0v) is 11.9. The van der Waals surface area contributed by atoms with Crippen LogP contribution in [-0.4, -0.2) is 35.6 Å². The molecule has 0 fully saturated rings. The maximum Gasteiger partial charge on any atom is 0.134 e. The highest BCUT2D eigenvalue weighted by atomic mass is 32.2. The van der Waals surface area contributed by atoms with E-state index in [-0.39, 0.29) is 0 Å². The smallest absolute Gasteiger partial charge is 0.134 e. The average Bonchev–Trinajstić information content (AvgIpc) is 2.33. The molecular weight excluding hydrogens is 232 g/mol. The lowest BCUT2D eigenvalue weighted by atomic mass is 10.2. The van der Waals surface area contributed by atoms with E-state index in [1.54, 1.807) is 0 Å². The molecule has 2 N–H and O–H groups in total. The molecule has 0 aromatic carbocycles. The number of aromatic nitrogens is 2. The van der Waals surface area contributed by atoms with Crippen LogP contribution in [0.4, 0.5) is 11.6 Å². The summed E-state index contributed by atoms with van der Waals surface area (Å²) in [6.45, 7) is 5.12. The predicted molar refractivity (Wildman–Crippen MR) is 77.2 cm³/mol. The zero-order chi connectivity index (χ0) is 12.7. The van der Waals surface area contributed by atoms with Gasteiger partial charge in [0.1, 0.15) is 17.5 Å². The highest BCUT2D eigenvalue weighted by Crippen LogP contribution is 2.20. The van der Waals surface area contributed by atoms with Crippen LogP contribution in [0, 0.1) is 6.92 Å². The number of rotatable bonds is 7. The van der Waals surface area contributed by atoms with Crippen molar-refractivity contribution < 1.29 is 0 Å². The van der Waals surface area contributed by atoms with E-state index in [9.17, 15) is 0 Å². The van der Waals surface area contributed by atoms with Gasteiger partial charge in [-0.3, -0.25) is 0 Å². The van der Waals surface area contributed by atoms with Crippen LogP contribution in [-0.2, 0) is 6.42 Å². The van der Waals surface area contributed by atoms with Gasteiger partial charge in [0.2, 0.25) is 0 Å². The van der Waals surface area contributed by atoms with Crippen LogP contribution in [0.15, 0.2) is 0 Å². The second kappa shape index (κ2) is 7.37. The Hall–Kier alpha value is -0.970. The van der Waals surface area contributed by atoms with Crippen molar-refractivity contribution in [2.45, 2.75) is 26.7 Å². The van der Waals surface area contributed by atoms with Gasteiger partial charge >= 0.3 is 0 Å². The predicted octanol–water partition coefficient (Wildman–Crippen LogP) is 2.55. The Labute approximate surface area is 108 Å². The van der Waals surface area contributed by atoms with Gasteiger partial charge in [0.15, 0.2) is 0 Å². The lowest BCUT2D eigenvalue weighted by Gasteiger charge is -2.13. The van der Waals surface area contributed by atoms with Gasteiger partial charge in [0.25, 0.3) is 0 Å². The SMILES string of the molecule is CCCc1nc(NC)c(C)c(NCCSC)n1.